The highest BCUT2D eigenvalue weighted by molar-refractivity contribution is 7.99. The molecule has 0 aromatic rings. The van der Waals surface area contributed by atoms with Crippen LogP contribution in [0.25, 0.3) is 0 Å². The lowest BCUT2D eigenvalue weighted by atomic mass is 9.69. The van der Waals surface area contributed by atoms with Gasteiger partial charge in [0.25, 0.3) is 0 Å². The fraction of sp³-hybridized carbons (Fsp3) is 0.875. The Hall–Kier alpha value is -0.910. The first-order valence-corrected chi connectivity index (χ1v) is 8.84. The SMILES string of the molecule is CC(C)N(C(=O)OC(C)(C)C)C1(C(=O)O)CSCCC1(C)C. The maximum Gasteiger partial charge on any atom is 0.411 e. The highest BCUT2D eigenvalue weighted by atomic mass is 32.2. The fourth-order valence-corrected chi connectivity index (χ4v) is 4.67. The monoisotopic (exact) mass is 331 g/mol. The zero-order valence-corrected chi connectivity index (χ0v) is 15.5. The Morgan fingerprint density at radius 3 is 2.18 bits per heavy atom. The van der Waals surface area contributed by atoms with Crippen LogP contribution in [-0.4, -0.2) is 50.8 Å². The quantitative estimate of drug-likeness (QED) is 0.855. The van der Waals surface area contributed by atoms with Crippen LogP contribution in [0.15, 0.2) is 0 Å². The van der Waals surface area contributed by atoms with Gasteiger partial charge in [0.2, 0.25) is 0 Å². The molecule has 1 rings (SSSR count). The molecule has 0 saturated carbocycles. The third-order valence-electron chi connectivity index (χ3n) is 4.17. The van der Waals surface area contributed by atoms with E-state index in [0.717, 1.165) is 12.2 Å². The van der Waals surface area contributed by atoms with E-state index in [2.05, 4.69) is 0 Å². The van der Waals surface area contributed by atoms with Gasteiger partial charge >= 0.3 is 12.1 Å². The van der Waals surface area contributed by atoms with Crippen LogP contribution >= 0.6 is 11.8 Å². The smallest absolute Gasteiger partial charge is 0.411 e. The van der Waals surface area contributed by atoms with Gasteiger partial charge in [-0.15, -0.1) is 0 Å². The summed E-state index contributed by atoms with van der Waals surface area (Å²) in [6.45, 7) is 12.9. The number of aliphatic carboxylic acids is 1. The van der Waals surface area contributed by atoms with Crippen molar-refractivity contribution in [2.24, 2.45) is 5.41 Å². The Balaban J connectivity index is 3.35. The van der Waals surface area contributed by atoms with E-state index in [4.69, 9.17) is 4.74 Å². The van der Waals surface area contributed by atoms with Crippen LogP contribution in [0.3, 0.4) is 0 Å². The second-order valence-corrected chi connectivity index (χ2v) is 8.90. The molecule has 1 N–H and O–H groups in total. The van der Waals surface area contributed by atoms with E-state index in [1.54, 1.807) is 32.5 Å². The Morgan fingerprint density at radius 1 is 1.27 bits per heavy atom. The number of hydrogen-bond acceptors (Lipinski definition) is 4. The van der Waals surface area contributed by atoms with Crippen molar-refractivity contribution >= 4 is 23.8 Å². The average molecular weight is 331 g/mol. The van der Waals surface area contributed by atoms with Gasteiger partial charge in [-0.1, -0.05) is 13.8 Å². The number of carboxylic acid groups (broad SMARTS) is 1. The van der Waals surface area contributed by atoms with Crippen molar-refractivity contribution in [2.45, 2.75) is 72.1 Å². The number of amides is 1. The summed E-state index contributed by atoms with van der Waals surface area (Å²) in [6.07, 6.45) is 0.191. The standard InChI is InChI=1S/C16H29NO4S/c1-11(2)17(13(20)21-14(3,4)5)16(12(18)19)10-22-9-8-15(16,6)7/h11H,8-10H2,1-7H3,(H,18,19). The minimum Gasteiger partial charge on any atom is -0.479 e. The summed E-state index contributed by atoms with van der Waals surface area (Å²) >= 11 is 1.58. The average Bonchev–Trinajstić information content (AvgIpc) is 2.28. The molecule has 1 aliphatic rings. The van der Waals surface area contributed by atoms with Gasteiger partial charge in [0.15, 0.2) is 5.54 Å². The molecule has 1 heterocycles. The Morgan fingerprint density at radius 2 is 1.82 bits per heavy atom. The molecule has 0 aliphatic carbocycles. The lowest BCUT2D eigenvalue weighted by Crippen LogP contribution is -2.70. The highest BCUT2D eigenvalue weighted by Gasteiger charge is 2.59. The molecule has 1 fully saturated rings. The van der Waals surface area contributed by atoms with Crippen LogP contribution in [0.5, 0.6) is 0 Å². The van der Waals surface area contributed by atoms with Crippen molar-refractivity contribution in [3.05, 3.63) is 0 Å². The molecule has 1 aliphatic heterocycles. The molecule has 1 saturated heterocycles. The van der Waals surface area contributed by atoms with Gasteiger partial charge in [-0.3, -0.25) is 4.90 Å². The zero-order valence-electron chi connectivity index (χ0n) is 14.7. The summed E-state index contributed by atoms with van der Waals surface area (Å²) in [7, 11) is 0. The van der Waals surface area contributed by atoms with E-state index in [1.165, 1.54) is 4.90 Å². The third-order valence-corrected chi connectivity index (χ3v) is 5.29. The molecule has 22 heavy (non-hydrogen) atoms. The van der Waals surface area contributed by atoms with Gasteiger partial charge in [-0.25, -0.2) is 9.59 Å². The van der Waals surface area contributed by atoms with Crippen molar-refractivity contribution in [2.75, 3.05) is 11.5 Å². The summed E-state index contributed by atoms with van der Waals surface area (Å²) in [5.74, 6) is 0.332. The summed E-state index contributed by atoms with van der Waals surface area (Å²) in [4.78, 5) is 26.4. The number of carbonyl (C=O) groups excluding carboxylic acids is 1. The molecule has 0 bridgehead atoms. The van der Waals surface area contributed by atoms with E-state index in [9.17, 15) is 14.7 Å². The first-order valence-electron chi connectivity index (χ1n) is 7.68. The lowest BCUT2D eigenvalue weighted by Gasteiger charge is -2.53. The number of ether oxygens (including phenoxy) is 1. The van der Waals surface area contributed by atoms with E-state index in [0.29, 0.717) is 5.75 Å². The highest BCUT2D eigenvalue weighted by Crippen LogP contribution is 2.47. The van der Waals surface area contributed by atoms with Gasteiger partial charge in [0.1, 0.15) is 5.60 Å². The summed E-state index contributed by atoms with van der Waals surface area (Å²) in [5.41, 5.74) is -2.44. The maximum absolute atomic E-state index is 12.7. The second-order valence-electron chi connectivity index (χ2n) is 7.80. The maximum atomic E-state index is 12.7. The van der Waals surface area contributed by atoms with Gasteiger partial charge < -0.3 is 9.84 Å². The van der Waals surface area contributed by atoms with E-state index < -0.39 is 28.6 Å². The van der Waals surface area contributed by atoms with Crippen molar-refractivity contribution in [3.8, 4) is 0 Å². The van der Waals surface area contributed by atoms with Crippen LogP contribution < -0.4 is 0 Å². The minimum absolute atomic E-state index is 0.260. The summed E-state index contributed by atoms with van der Waals surface area (Å²) in [5, 5.41) is 10.0. The largest absolute Gasteiger partial charge is 0.479 e. The van der Waals surface area contributed by atoms with E-state index >= 15 is 0 Å². The number of thioether (sulfide) groups is 1. The molecule has 0 radical (unpaired) electrons. The van der Waals surface area contributed by atoms with Crippen LogP contribution in [0.1, 0.15) is 54.9 Å². The van der Waals surface area contributed by atoms with Gasteiger partial charge in [0.05, 0.1) is 0 Å². The van der Waals surface area contributed by atoms with Crippen molar-refractivity contribution in [1.29, 1.82) is 0 Å². The number of hydrogen-bond donors (Lipinski definition) is 1. The van der Waals surface area contributed by atoms with Crippen LogP contribution in [-0.2, 0) is 9.53 Å². The van der Waals surface area contributed by atoms with Crippen LogP contribution in [0.2, 0.25) is 0 Å². The molecular weight excluding hydrogens is 302 g/mol. The molecule has 0 aromatic heterocycles. The normalized spacial score (nSPS) is 24.9. The third kappa shape index (κ3) is 3.53. The fourth-order valence-electron chi connectivity index (χ4n) is 2.92. The predicted octanol–water partition coefficient (Wildman–Crippen LogP) is 3.62. The molecule has 128 valence electrons. The number of carboxylic acids is 1. The van der Waals surface area contributed by atoms with E-state index in [-0.39, 0.29) is 6.04 Å². The Kier molecular flexibility index (Phi) is 5.48. The van der Waals surface area contributed by atoms with Gasteiger partial charge in [-0.05, 0) is 46.8 Å². The van der Waals surface area contributed by atoms with Crippen molar-refractivity contribution in [3.63, 3.8) is 0 Å². The molecular formula is C16H29NO4S. The molecule has 6 heteroatoms. The van der Waals surface area contributed by atoms with E-state index in [1.807, 2.05) is 27.7 Å². The number of nitrogens with zero attached hydrogens (tertiary/aromatic N) is 1. The van der Waals surface area contributed by atoms with Crippen LogP contribution in [0, 0.1) is 5.41 Å². The minimum atomic E-state index is -1.26. The Labute approximate surface area is 137 Å². The zero-order chi connectivity index (χ0) is 17.3. The molecule has 0 aromatic carbocycles. The predicted molar refractivity (Wildman–Crippen MR) is 89.3 cm³/mol. The van der Waals surface area contributed by atoms with Crippen molar-refractivity contribution in [1.82, 2.24) is 4.90 Å². The second kappa shape index (κ2) is 6.30. The number of rotatable bonds is 3. The van der Waals surface area contributed by atoms with Gasteiger partial charge in [-0.2, -0.15) is 11.8 Å². The lowest BCUT2D eigenvalue weighted by molar-refractivity contribution is -0.160. The number of carbonyl (C=O) groups is 2. The van der Waals surface area contributed by atoms with Crippen molar-refractivity contribution < 1.29 is 19.4 Å². The first-order chi connectivity index (χ1) is 9.85. The molecule has 1 atom stereocenters. The topological polar surface area (TPSA) is 66.8 Å². The molecule has 0 spiro atoms. The first kappa shape index (κ1) is 19.1. The Bertz CT molecular complexity index is 442. The summed E-state index contributed by atoms with van der Waals surface area (Å²) in [6, 6.07) is -0.260. The van der Waals surface area contributed by atoms with Gasteiger partial charge in [0, 0.05) is 17.2 Å². The summed E-state index contributed by atoms with van der Waals surface area (Å²) < 4.78 is 5.50. The molecule has 5 nitrogen and oxygen atoms in total. The van der Waals surface area contributed by atoms with Crippen LogP contribution in [0.4, 0.5) is 4.79 Å². The molecule has 1 amide bonds. The molecule has 1 unspecified atom stereocenters.